The van der Waals surface area contributed by atoms with Crippen LogP contribution in [0.1, 0.15) is 51.0 Å². The van der Waals surface area contributed by atoms with Gasteiger partial charge < -0.3 is 25.8 Å². The molecule has 4 rings (SSSR count). The molecule has 2 aliphatic rings. The molecule has 3 N–H and O–H groups in total. The predicted octanol–water partition coefficient (Wildman–Crippen LogP) is 3.93. The third-order valence-electron chi connectivity index (χ3n) is 7.81. The molecule has 0 aliphatic carbocycles. The van der Waals surface area contributed by atoms with E-state index in [0.717, 1.165) is 32.5 Å². The number of carbonyl (C=O) groups excluding carboxylic acids is 3. The summed E-state index contributed by atoms with van der Waals surface area (Å²) in [6, 6.07) is 15.1. The normalized spacial score (nSPS) is 19.1. The molecule has 2 heterocycles. The van der Waals surface area contributed by atoms with Crippen LogP contribution in [-0.2, 0) is 16.0 Å². The van der Waals surface area contributed by atoms with Crippen LogP contribution in [-0.4, -0.2) is 71.9 Å². The van der Waals surface area contributed by atoms with Gasteiger partial charge in [-0.3, -0.25) is 9.59 Å². The van der Waals surface area contributed by atoms with Gasteiger partial charge in [-0.1, -0.05) is 37.3 Å². The number of hydrogen-bond acceptors (Lipinski definition) is 4. The number of piperazine rings is 1. The molecular weight excluding hydrogens is 497 g/mol. The van der Waals surface area contributed by atoms with Gasteiger partial charge in [0.25, 0.3) is 0 Å². The average Bonchev–Trinajstić information content (AvgIpc) is 2.95. The largest absolute Gasteiger partial charge is 0.342 e. The van der Waals surface area contributed by atoms with Crippen molar-refractivity contribution in [3.8, 4) is 0 Å². The highest BCUT2D eigenvalue weighted by Gasteiger charge is 2.52. The number of carbonyl (C=O) groups is 3. The molecule has 4 amide bonds. The monoisotopic (exact) mass is 537 g/mol. The average molecular weight is 538 g/mol. The third-order valence-corrected chi connectivity index (χ3v) is 7.81. The van der Waals surface area contributed by atoms with Gasteiger partial charge in [0.15, 0.2) is 0 Å². The number of likely N-dealkylation sites (tertiary alicyclic amines) is 1. The Hall–Kier alpha value is -3.46. The molecule has 0 aromatic heterocycles. The second-order valence-corrected chi connectivity index (χ2v) is 10.5. The summed E-state index contributed by atoms with van der Waals surface area (Å²) in [5.41, 5.74) is 1.06. The van der Waals surface area contributed by atoms with Crippen LogP contribution in [0.2, 0.25) is 0 Å². The lowest BCUT2D eigenvalue weighted by Crippen LogP contribution is -2.72. The number of nitrogens with one attached hydrogen (secondary N) is 3. The highest BCUT2D eigenvalue weighted by atomic mass is 19.1. The first kappa shape index (κ1) is 28.5. The molecule has 1 atom stereocenters. The van der Waals surface area contributed by atoms with Gasteiger partial charge >= 0.3 is 6.03 Å². The Bertz CT molecular complexity index is 1100. The van der Waals surface area contributed by atoms with Gasteiger partial charge in [0.2, 0.25) is 11.8 Å². The highest BCUT2D eigenvalue weighted by Crippen LogP contribution is 2.34. The number of anilines is 1. The first-order valence-corrected chi connectivity index (χ1v) is 14.1. The van der Waals surface area contributed by atoms with Gasteiger partial charge in [-0.25, -0.2) is 9.18 Å². The second kappa shape index (κ2) is 13.6. The maximum absolute atomic E-state index is 13.5. The van der Waals surface area contributed by atoms with Crippen molar-refractivity contribution in [3.63, 3.8) is 0 Å². The summed E-state index contributed by atoms with van der Waals surface area (Å²) in [4.78, 5) is 43.3. The van der Waals surface area contributed by atoms with Gasteiger partial charge in [0.05, 0.1) is 0 Å². The minimum Gasteiger partial charge on any atom is -0.342 e. The van der Waals surface area contributed by atoms with Crippen molar-refractivity contribution in [1.82, 2.24) is 20.4 Å². The van der Waals surface area contributed by atoms with Crippen LogP contribution in [0.4, 0.5) is 14.9 Å². The number of nitrogens with zero attached hydrogens (tertiary/aromatic N) is 2. The summed E-state index contributed by atoms with van der Waals surface area (Å²) in [6.07, 6.45) is 4.98. The fourth-order valence-corrected chi connectivity index (χ4v) is 5.58. The summed E-state index contributed by atoms with van der Waals surface area (Å²) >= 11 is 0. The van der Waals surface area contributed by atoms with Crippen LogP contribution in [0.3, 0.4) is 0 Å². The second-order valence-electron chi connectivity index (χ2n) is 10.5. The molecule has 2 aromatic carbocycles. The molecule has 2 fully saturated rings. The number of rotatable bonds is 11. The molecule has 2 aliphatic heterocycles. The van der Waals surface area contributed by atoms with E-state index in [1.807, 2.05) is 17.9 Å². The van der Waals surface area contributed by atoms with Crippen LogP contribution in [0.15, 0.2) is 54.6 Å². The Kier molecular flexibility index (Phi) is 9.92. The van der Waals surface area contributed by atoms with Crippen molar-refractivity contribution in [2.45, 2.75) is 63.5 Å². The fraction of sp³-hybridized carbons (Fsp3) is 0.500. The van der Waals surface area contributed by atoms with Crippen LogP contribution in [0, 0.1) is 5.82 Å². The summed E-state index contributed by atoms with van der Waals surface area (Å²) in [6.45, 7) is 5.59. The summed E-state index contributed by atoms with van der Waals surface area (Å²) < 4.78 is 13.0. The minimum absolute atomic E-state index is 0.0104. The Morgan fingerprint density at radius 1 is 1.03 bits per heavy atom. The molecule has 39 heavy (non-hydrogen) atoms. The molecular formula is C30H40FN5O3. The van der Waals surface area contributed by atoms with Gasteiger partial charge in [0, 0.05) is 38.4 Å². The molecule has 0 bridgehead atoms. The standard InChI is InChI=1S/C30H40FN5O3/c1-2-19-36-27(37)26(10-6-7-18-32-29(39)33-25-13-11-24(31)12-14-25)34-28(38)30(36)16-21-35(22-17-30)20-15-23-8-4-3-5-9-23/h3-5,8-9,11-14,26H,2,6-7,10,15-22H2,1H3,(H,34,38)(H2,32,33,39)/t26-/m0/s1. The molecule has 8 nitrogen and oxygen atoms in total. The molecule has 210 valence electrons. The smallest absolute Gasteiger partial charge is 0.319 e. The van der Waals surface area contributed by atoms with E-state index in [-0.39, 0.29) is 23.7 Å². The first-order chi connectivity index (χ1) is 18.9. The molecule has 2 aromatic rings. The van der Waals surface area contributed by atoms with E-state index in [0.29, 0.717) is 50.9 Å². The Balaban J connectivity index is 1.23. The SMILES string of the molecule is CCCN1C(=O)[C@H](CCCCNC(=O)Nc2ccc(F)cc2)NC(=O)C12CCN(CCc1ccccc1)CC2. The zero-order valence-corrected chi connectivity index (χ0v) is 22.8. The van der Waals surface area contributed by atoms with E-state index in [4.69, 9.17) is 0 Å². The van der Waals surface area contributed by atoms with Gasteiger partial charge in [-0.05, 0) is 74.8 Å². The lowest BCUT2D eigenvalue weighted by atomic mass is 9.81. The quantitative estimate of drug-likeness (QED) is 0.379. The molecule has 0 saturated carbocycles. The lowest BCUT2D eigenvalue weighted by Gasteiger charge is -2.51. The molecule has 2 saturated heterocycles. The Morgan fingerprint density at radius 3 is 2.44 bits per heavy atom. The summed E-state index contributed by atoms with van der Waals surface area (Å²) in [5.74, 6) is -0.380. The number of piperidine rings is 1. The van der Waals surface area contributed by atoms with E-state index in [9.17, 15) is 18.8 Å². The van der Waals surface area contributed by atoms with Crippen molar-refractivity contribution in [2.24, 2.45) is 0 Å². The van der Waals surface area contributed by atoms with Crippen molar-refractivity contribution in [1.29, 1.82) is 0 Å². The highest BCUT2D eigenvalue weighted by molar-refractivity contribution is 6.00. The van der Waals surface area contributed by atoms with Crippen molar-refractivity contribution in [2.75, 3.05) is 38.0 Å². The number of halogens is 1. The molecule has 0 radical (unpaired) electrons. The lowest BCUT2D eigenvalue weighted by molar-refractivity contribution is -0.161. The predicted molar refractivity (Wildman–Crippen MR) is 150 cm³/mol. The van der Waals surface area contributed by atoms with Gasteiger partial charge in [0.1, 0.15) is 17.4 Å². The Morgan fingerprint density at radius 2 is 1.74 bits per heavy atom. The number of unbranched alkanes of at least 4 members (excludes halogenated alkanes) is 1. The Labute approximate surface area is 230 Å². The van der Waals surface area contributed by atoms with Crippen LogP contribution in [0.5, 0.6) is 0 Å². The van der Waals surface area contributed by atoms with Gasteiger partial charge in [-0.15, -0.1) is 0 Å². The third kappa shape index (κ3) is 7.35. The van der Waals surface area contributed by atoms with Crippen molar-refractivity contribution in [3.05, 3.63) is 66.0 Å². The van der Waals surface area contributed by atoms with Crippen LogP contribution in [0.25, 0.3) is 0 Å². The zero-order chi connectivity index (χ0) is 27.7. The van der Waals surface area contributed by atoms with Crippen molar-refractivity contribution < 1.29 is 18.8 Å². The van der Waals surface area contributed by atoms with Gasteiger partial charge in [-0.2, -0.15) is 0 Å². The number of amides is 4. The molecule has 1 spiro atoms. The molecule has 9 heteroatoms. The number of hydrogen-bond donors (Lipinski definition) is 3. The fourth-order valence-electron chi connectivity index (χ4n) is 5.58. The summed E-state index contributed by atoms with van der Waals surface area (Å²) in [5, 5.41) is 8.47. The first-order valence-electron chi connectivity index (χ1n) is 14.1. The van der Waals surface area contributed by atoms with E-state index < -0.39 is 11.6 Å². The van der Waals surface area contributed by atoms with E-state index in [1.165, 1.54) is 29.8 Å². The van der Waals surface area contributed by atoms with E-state index in [2.05, 4.69) is 45.1 Å². The maximum atomic E-state index is 13.5. The van der Waals surface area contributed by atoms with E-state index >= 15 is 0 Å². The van der Waals surface area contributed by atoms with Crippen LogP contribution < -0.4 is 16.0 Å². The number of benzene rings is 2. The zero-order valence-electron chi connectivity index (χ0n) is 22.8. The summed E-state index contributed by atoms with van der Waals surface area (Å²) in [7, 11) is 0. The van der Waals surface area contributed by atoms with E-state index in [1.54, 1.807) is 0 Å². The number of urea groups is 1. The maximum Gasteiger partial charge on any atom is 0.319 e. The minimum atomic E-state index is -0.757. The van der Waals surface area contributed by atoms with Crippen LogP contribution >= 0.6 is 0 Å². The topological polar surface area (TPSA) is 93.8 Å². The molecule has 0 unspecified atom stereocenters. The van der Waals surface area contributed by atoms with Crippen molar-refractivity contribution >= 4 is 23.5 Å².